The molecule has 0 aliphatic carbocycles. The van der Waals surface area contributed by atoms with Crippen LogP contribution in [0.1, 0.15) is 31.9 Å². The number of carbonyl (C=O) groups excluding carboxylic acids is 1. The van der Waals surface area contributed by atoms with Crippen molar-refractivity contribution in [2.45, 2.75) is 45.9 Å². The molecule has 0 bridgehead atoms. The molecule has 2 aliphatic heterocycles. The van der Waals surface area contributed by atoms with Crippen LogP contribution in [0.25, 0.3) is 0 Å². The molecule has 2 atom stereocenters. The summed E-state index contributed by atoms with van der Waals surface area (Å²) in [6, 6.07) is 5.83. The lowest BCUT2D eigenvalue weighted by atomic mass is 9.96. The van der Waals surface area contributed by atoms with Crippen LogP contribution in [0.4, 0.5) is 5.69 Å². The summed E-state index contributed by atoms with van der Waals surface area (Å²) in [5.41, 5.74) is 2.52. The highest BCUT2D eigenvalue weighted by molar-refractivity contribution is 8.16. The van der Waals surface area contributed by atoms with Crippen molar-refractivity contribution in [1.29, 1.82) is 0 Å². The third-order valence-electron chi connectivity index (χ3n) is 4.59. The van der Waals surface area contributed by atoms with Gasteiger partial charge in [0.2, 0.25) is 0 Å². The smallest absolute Gasteiger partial charge is 0.253 e. The van der Waals surface area contributed by atoms with E-state index in [1.807, 2.05) is 57.7 Å². The number of anilines is 1. The summed E-state index contributed by atoms with van der Waals surface area (Å²) < 4.78 is 24.3. The summed E-state index contributed by atoms with van der Waals surface area (Å²) in [5.74, 6) is 0.0716. The second-order valence-corrected chi connectivity index (χ2v) is 11.2. The van der Waals surface area contributed by atoms with Gasteiger partial charge in [0.25, 0.3) is 5.91 Å². The molecule has 2 aliphatic rings. The zero-order valence-electron chi connectivity index (χ0n) is 15.2. The van der Waals surface area contributed by atoms with Crippen molar-refractivity contribution < 1.29 is 13.2 Å². The van der Waals surface area contributed by atoms with Gasteiger partial charge in [-0.25, -0.2) is 8.42 Å². The molecule has 3 rings (SSSR count). The van der Waals surface area contributed by atoms with E-state index in [-0.39, 0.29) is 28.7 Å². The Bertz CT molecular complexity index is 833. The SMILES string of the molecule is Cc1cccc(C)c1N1C(=NC(=O)C(C)(C)C)SC2CS(=O)(=O)CC21. The zero-order valence-corrected chi connectivity index (χ0v) is 16.9. The van der Waals surface area contributed by atoms with Gasteiger partial charge in [0.1, 0.15) is 0 Å². The number of hydrogen-bond acceptors (Lipinski definition) is 4. The van der Waals surface area contributed by atoms with Crippen molar-refractivity contribution in [3.63, 3.8) is 0 Å². The monoisotopic (exact) mass is 380 g/mol. The van der Waals surface area contributed by atoms with Crippen LogP contribution in [0.15, 0.2) is 23.2 Å². The fourth-order valence-electron chi connectivity index (χ4n) is 3.27. The Morgan fingerprint density at radius 3 is 2.36 bits per heavy atom. The predicted molar refractivity (Wildman–Crippen MR) is 104 cm³/mol. The fraction of sp³-hybridized carbons (Fsp3) is 0.556. The molecule has 0 aromatic heterocycles. The van der Waals surface area contributed by atoms with Gasteiger partial charge in [-0.05, 0) is 25.0 Å². The van der Waals surface area contributed by atoms with Gasteiger partial charge in [0.05, 0.1) is 17.5 Å². The molecule has 25 heavy (non-hydrogen) atoms. The Hall–Kier alpha value is -1.34. The largest absolute Gasteiger partial charge is 0.315 e. The summed E-state index contributed by atoms with van der Waals surface area (Å²) in [6.07, 6.45) is 0. The molecule has 0 N–H and O–H groups in total. The van der Waals surface area contributed by atoms with Gasteiger partial charge in [-0.1, -0.05) is 50.7 Å². The molecule has 136 valence electrons. The highest BCUT2D eigenvalue weighted by atomic mass is 32.2. The van der Waals surface area contributed by atoms with Crippen LogP contribution in [0.2, 0.25) is 0 Å². The lowest BCUT2D eigenvalue weighted by Gasteiger charge is -2.28. The number of aliphatic imine (C=N–C) groups is 1. The first-order valence-corrected chi connectivity index (χ1v) is 11.1. The molecule has 0 radical (unpaired) electrons. The number of fused-ring (bicyclic) bond motifs is 1. The first kappa shape index (κ1) is 18.5. The number of hydrogen-bond donors (Lipinski definition) is 0. The average molecular weight is 381 g/mol. The number of rotatable bonds is 1. The summed E-state index contributed by atoms with van der Waals surface area (Å²) in [5, 5.41) is 0.553. The highest BCUT2D eigenvalue weighted by Crippen LogP contribution is 2.43. The molecule has 2 unspecified atom stereocenters. The second kappa shape index (κ2) is 6.13. The van der Waals surface area contributed by atoms with Crippen molar-refractivity contribution in [3.8, 4) is 0 Å². The first-order chi connectivity index (χ1) is 11.5. The molecule has 0 saturated carbocycles. The molecule has 0 spiro atoms. The van der Waals surface area contributed by atoms with Crippen LogP contribution in [0, 0.1) is 19.3 Å². The number of sulfone groups is 1. The summed E-state index contributed by atoms with van der Waals surface area (Å²) >= 11 is 1.42. The van der Waals surface area contributed by atoms with E-state index in [0.29, 0.717) is 5.17 Å². The maximum atomic E-state index is 12.5. The third kappa shape index (κ3) is 3.49. The summed E-state index contributed by atoms with van der Waals surface area (Å²) in [4.78, 5) is 18.9. The highest BCUT2D eigenvalue weighted by Gasteiger charge is 2.50. The van der Waals surface area contributed by atoms with Crippen molar-refractivity contribution in [2.24, 2.45) is 10.4 Å². The lowest BCUT2D eigenvalue weighted by Crippen LogP contribution is -2.39. The molecule has 1 aromatic rings. The van der Waals surface area contributed by atoms with Gasteiger partial charge in [-0.2, -0.15) is 4.99 Å². The Morgan fingerprint density at radius 2 is 1.80 bits per heavy atom. The third-order valence-corrected chi connectivity index (χ3v) is 7.80. The van der Waals surface area contributed by atoms with Gasteiger partial charge in [-0.3, -0.25) is 4.79 Å². The molecule has 2 fully saturated rings. The molecule has 5 nitrogen and oxygen atoms in total. The predicted octanol–water partition coefficient (Wildman–Crippen LogP) is 2.95. The van der Waals surface area contributed by atoms with E-state index in [1.165, 1.54) is 11.8 Å². The van der Waals surface area contributed by atoms with Crippen LogP contribution in [0.5, 0.6) is 0 Å². The number of carbonyl (C=O) groups is 1. The van der Waals surface area contributed by atoms with Crippen LogP contribution in [0.3, 0.4) is 0 Å². The van der Waals surface area contributed by atoms with Crippen molar-refractivity contribution >= 4 is 38.4 Å². The minimum atomic E-state index is -3.05. The number of nitrogens with zero attached hydrogens (tertiary/aromatic N) is 2. The van der Waals surface area contributed by atoms with E-state index in [9.17, 15) is 13.2 Å². The van der Waals surface area contributed by atoms with E-state index < -0.39 is 15.3 Å². The molecule has 1 amide bonds. The standard InChI is InChI=1S/C18H24N2O3S2/c1-11-7-6-8-12(2)15(11)20-13-9-25(22,23)10-14(13)24-17(20)19-16(21)18(3,4)5/h6-8,13-14H,9-10H2,1-5H3. The van der Waals surface area contributed by atoms with Crippen molar-refractivity contribution in [1.82, 2.24) is 0 Å². The Kier molecular flexibility index (Phi) is 4.52. The van der Waals surface area contributed by atoms with E-state index >= 15 is 0 Å². The molecular weight excluding hydrogens is 356 g/mol. The van der Waals surface area contributed by atoms with Crippen LogP contribution in [-0.4, -0.2) is 42.3 Å². The number of aryl methyl sites for hydroxylation is 2. The number of thioether (sulfide) groups is 1. The number of para-hydroxylation sites is 1. The Morgan fingerprint density at radius 1 is 1.20 bits per heavy atom. The normalized spacial score (nSPS) is 26.9. The maximum absolute atomic E-state index is 12.5. The van der Waals surface area contributed by atoms with E-state index in [2.05, 4.69) is 4.99 Å². The van der Waals surface area contributed by atoms with E-state index in [0.717, 1.165) is 16.8 Å². The van der Waals surface area contributed by atoms with Gasteiger partial charge < -0.3 is 4.90 Å². The molecule has 7 heteroatoms. The minimum absolute atomic E-state index is 0.0736. The van der Waals surface area contributed by atoms with Crippen molar-refractivity contribution in [3.05, 3.63) is 29.3 Å². The van der Waals surface area contributed by atoms with Gasteiger partial charge in [0.15, 0.2) is 15.0 Å². The molecule has 2 saturated heterocycles. The first-order valence-electron chi connectivity index (χ1n) is 8.35. The maximum Gasteiger partial charge on any atom is 0.253 e. The lowest BCUT2D eigenvalue weighted by molar-refractivity contribution is -0.124. The van der Waals surface area contributed by atoms with E-state index in [4.69, 9.17) is 0 Å². The number of amides is 1. The fourth-order valence-corrected chi connectivity index (χ4v) is 7.16. The average Bonchev–Trinajstić information content (AvgIpc) is 2.90. The van der Waals surface area contributed by atoms with Gasteiger partial charge in [-0.15, -0.1) is 0 Å². The molecular formula is C18H24N2O3S2. The van der Waals surface area contributed by atoms with Crippen molar-refractivity contribution in [2.75, 3.05) is 16.4 Å². The zero-order chi connectivity index (χ0) is 18.6. The number of benzene rings is 1. The number of amidine groups is 1. The summed E-state index contributed by atoms with van der Waals surface area (Å²) in [7, 11) is -3.05. The van der Waals surface area contributed by atoms with Crippen LogP contribution >= 0.6 is 11.8 Å². The van der Waals surface area contributed by atoms with Gasteiger partial charge >= 0.3 is 0 Å². The van der Waals surface area contributed by atoms with Crippen LogP contribution in [-0.2, 0) is 14.6 Å². The van der Waals surface area contributed by atoms with Gasteiger partial charge in [0, 0.05) is 16.4 Å². The van der Waals surface area contributed by atoms with Crippen LogP contribution < -0.4 is 4.90 Å². The Labute approximate surface area is 153 Å². The summed E-state index contributed by atoms with van der Waals surface area (Å²) in [6.45, 7) is 9.54. The molecule has 1 aromatic carbocycles. The second-order valence-electron chi connectivity index (χ2n) is 7.86. The molecule has 2 heterocycles. The van der Waals surface area contributed by atoms with E-state index in [1.54, 1.807) is 0 Å². The minimum Gasteiger partial charge on any atom is -0.315 e. The quantitative estimate of drug-likeness (QED) is 0.749. The Balaban J connectivity index is 2.11. The topological polar surface area (TPSA) is 66.8 Å².